The molecule has 0 spiro atoms. The van der Waals surface area contributed by atoms with Crippen molar-refractivity contribution in [3.63, 3.8) is 0 Å². The van der Waals surface area contributed by atoms with E-state index in [1.54, 1.807) is 30.0 Å². The minimum Gasteiger partial charge on any atom is -0.491 e. The van der Waals surface area contributed by atoms with Crippen LogP contribution in [0.3, 0.4) is 0 Å². The Morgan fingerprint density at radius 3 is 2.43 bits per heavy atom. The van der Waals surface area contributed by atoms with Crippen LogP contribution in [0.1, 0.15) is 31.1 Å². The van der Waals surface area contributed by atoms with E-state index in [1.165, 1.54) is 0 Å². The number of nitrogens with two attached hydrogens (primary N) is 1. The number of esters is 1. The Balaban J connectivity index is 2.76. The number of anilines is 1. The number of nitrogen functional groups attached to an aromatic ring is 1. The minimum atomic E-state index is -0.619. The Labute approximate surface area is 124 Å². The average molecular weight is 294 g/mol. The van der Waals surface area contributed by atoms with Gasteiger partial charge >= 0.3 is 5.97 Å². The number of rotatable bonds is 7. The van der Waals surface area contributed by atoms with Crippen molar-refractivity contribution < 1.29 is 19.1 Å². The summed E-state index contributed by atoms with van der Waals surface area (Å²) >= 11 is 0. The lowest BCUT2D eigenvalue weighted by atomic mass is 10.2. The van der Waals surface area contributed by atoms with Crippen LogP contribution in [0.25, 0.3) is 0 Å². The Kier molecular flexibility index (Phi) is 6.52. The summed E-state index contributed by atoms with van der Waals surface area (Å²) in [6, 6.07) is 4.84. The molecule has 6 heteroatoms. The van der Waals surface area contributed by atoms with Crippen molar-refractivity contribution >= 4 is 17.6 Å². The summed E-state index contributed by atoms with van der Waals surface area (Å²) in [5.41, 5.74) is 6.37. The quantitative estimate of drug-likeness (QED) is 0.611. The van der Waals surface area contributed by atoms with Crippen molar-refractivity contribution in [2.45, 2.75) is 20.8 Å². The maximum Gasteiger partial charge on any atom is 0.342 e. The van der Waals surface area contributed by atoms with Gasteiger partial charge in [-0.3, -0.25) is 4.79 Å². The van der Waals surface area contributed by atoms with Crippen molar-refractivity contribution in [2.75, 3.05) is 32.0 Å². The number of hydrogen-bond donors (Lipinski definition) is 1. The SMILES string of the molecule is CCOc1c(N)cccc1C(=O)OCC(=O)N(CC)CC. The second-order valence-corrected chi connectivity index (χ2v) is 4.30. The van der Waals surface area contributed by atoms with E-state index < -0.39 is 5.97 Å². The predicted octanol–water partition coefficient (Wildman–Crippen LogP) is 1.69. The number of benzene rings is 1. The fraction of sp³-hybridized carbons (Fsp3) is 0.467. The van der Waals surface area contributed by atoms with E-state index in [0.29, 0.717) is 31.1 Å². The summed E-state index contributed by atoms with van der Waals surface area (Å²) in [4.78, 5) is 25.5. The zero-order chi connectivity index (χ0) is 15.8. The molecule has 0 atom stereocenters. The first-order valence-corrected chi connectivity index (χ1v) is 7.01. The molecular weight excluding hydrogens is 272 g/mol. The average Bonchev–Trinajstić information content (AvgIpc) is 2.48. The Morgan fingerprint density at radius 2 is 1.86 bits per heavy atom. The number of carbonyl (C=O) groups excluding carboxylic acids is 2. The molecule has 0 aliphatic rings. The van der Waals surface area contributed by atoms with Gasteiger partial charge in [-0.2, -0.15) is 0 Å². The summed E-state index contributed by atoms with van der Waals surface area (Å²) in [6.07, 6.45) is 0. The first-order chi connectivity index (χ1) is 10.0. The molecule has 116 valence electrons. The Morgan fingerprint density at radius 1 is 1.19 bits per heavy atom. The van der Waals surface area contributed by atoms with Crippen LogP contribution >= 0.6 is 0 Å². The van der Waals surface area contributed by atoms with Crippen molar-refractivity contribution in [2.24, 2.45) is 0 Å². The Hall–Kier alpha value is -2.24. The standard InChI is InChI=1S/C15H22N2O4/c1-4-17(5-2)13(18)10-21-15(19)11-8-7-9-12(16)14(11)20-6-3/h7-9H,4-6,10,16H2,1-3H3. The molecule has 0 saturated heterocycles. The number of amides is 1. The molecule has 1 amide bonds. The molecule has 1 rings (SSSR count). The molecule has 0 aromatic heterocycles. The predicted molar refractivity (Wildman–Crippen MR) is 80.2 cm³/mol. The summed E-state index contributed by atoms with van der Waals surface area (Å²) in [5.74, 6) is -0.554. The Bertz CT molecular complexity index is 498. The first kappa shape index (κ1) is 16.8. The van der Waals surface area contributed by atoms with E-state index in [2.05, 4.69) is 0 Å². The topological polar surface area (TPSA) is 81.9 Å². The summed E-state index contributed by atoms with van der Waals surface area (Å²) in [6.45, 7) is 6.78. The van der Waals surface area contributed by atoms with Crippen LogP contribution in [-0.2, 0) is 9.53 Å². The van der Waals surface area contributed by atoms with Crippen LogP contribution in [0.2, 0.25) is 0 Å². The van der Waals surface area contributed by atoms with Gasteiger partial charge in [0.15, 0.2) is 12.4 Å². The normalized spacial score (nSPS) is 10.0. The highest BCUT2D eigenvalue weighted by Crippen LogP contribution is 2.26. The van der Waals surface area contributed by atoms with Gasteiger partial charge in [0.25, 0.3) is 5.91 Å². The first-order valence-electron chi connectivity index (χ1n) is 7.01. The lowest BCUT2D eigenvalue weighted by Crippen LogP contribution is -2.34. The summed E-state index contributed by atoms with van der Waals surface area (Å²) < 4.78 is 10.4. The molecule has 0 radical (unpaired) electrons. The van der Waals surface area contributed by atoms with Crippen LogP contribution in [0.5, 0.6) is 5.75 Å². The van der Waals surface area contributed by atoms with Crippen LogP contribution in [0.15, 0.2) is 18.2 Å². The number of nitrogens with zero attached hydrogens (tertiary/aromatic N) is 1. The van der Waals surface area contributed by atoms with Crippen LogP contribution in [-0.4, -0.2) is 43.1 Å². The van der Waals surface area contributed by atoms with E-state index in [0.717, 1.165) is 0 Å². The van der Waals surface area contributed by atoms with E-state index in [-0.39, 0.29) is 18.1 Å². The van der Waals surface area contributed by atoms with Gasteiger partial charge in [0, 0.05) is 13.1 Å². The molecule has 1 aromatic carbocycles. The molecule has 0 aliphatic carbocycles. The van der Waals surface area contributed by atoms with Gasteiger partial charge in [0.1, 0.15) is 5.56 Å². The molecule has 2 N–H and O–H groups in total. The molecular formula is C15H22N2O4. The van der Waals surface area contributed by atoms with Crippen molar-refractivity contribution in [1.29, 1.82) is 0 Å². The van der Waals surface area contributed by atoms with Crippen LogP contribution < -0.4 is 10.5 Å². The van der Waals surface area contributed by atoms with E-state index >= 15 is 0 Å². The van der Waals surface area contributed by atoms with Gasteiger partial charge < -0.3 is 20.1 Å². The molecule has 0 heterocycles. The van der Waals surface area contributed by atoms with E-state index in [1.807, 2.05) is 13.8 Å². The largest absolute Gasteiger partial charge is 0.491 e. The summed E-state index contributed by atoms with van der Waals surface area (Å²) in [7, 11) is 0. The van der Waals surface area contributed by atoms with Crippen molar-refractivity contribution in [1.82, 2.24) is 4.90 Å². The highest BCUT2D eigenvalue weighted by atomic mass is 16.5. The van der Waals surface area contributed by atoms with Gasteiger partial charge in [-0.1, -0.05) is 6.07 Å². The second-order valence-electron chi connectivity index (χ2n) is 4.30. The highest BCUT2D eigenvalue weighted by molar-refractivity contribution is 5.95. The van der Waals surface area contributed by atoms with E-state index in [9.17, 15) is 9.59 Å². The molecule has 0 fully saturated rings. The van der Waals surface area contributed by atoms with Gasteiger partial charge in [-0.15, -0.1) is 0 Å². The maximum atomic E-state index is 12.1. The fourth-order valence-corrected chi connectivity index (χ4v) is 1.89. The van der Waals surface area contributed by atoms with Crippen LogP contribution in [0, 0.1) is 0 Å². The molecule has 0 bridgehead atoms. The third-order valence-electron chi connectivity index (χ3n) is 3.00. The lowest BCUT2D eigenvalue weighted by molar-refractivity contribution is -0.134. The smallest absolute Gasteiger partial charge is 0.342 e. The molecule has 21 heavy (non-hydrogen) atoms. The monoisotopic (exact) mass is 294 g/mol. The second kappa shape index (κ2) is 8.14. The van der Waals surface area contributed by atoms with Gasteiger partial charge in [0.2, 0.25) is 0 Å². The maximum absolute atomic E-state index is 12.1. The van der Waals surface area contributed by atoms with Gasteiger partial charge in [0.05, 0.1) is 12.3 Å². The molecule has 1 aromatic rings. The number of para-hydroxylation sites is 1. The molecule has 0 aliphatic heterocycles. The third kappa shape index (κ3) is 4.37. The molecule has 6 nitrogen and oxygen atoms in total. The zero-order valence-electron chi connectivity index (χ0n) is 12.7. The number of hydrogen-bond acceptors (Lipinski definition) is 5. The van der Waals surface area contributed by atoms with Gasteiger partial charge in [-0.05, 0) is 32.9 Å². The van der Waals surface area contributed by atoms with Gasteiger partial charge in [-0.25, -0.2) is 4.79 Å². The fourth-order valence-electron chi connectivity index (χ4n) is 1.89. The van der Waals surface area contributed by atoms with Crippen molar-refractivity contribution in [3.05, 3.63) is 23.8 Å². The minimum absolute atomic E-state index is 0.226. The molecule has 0 unspecified atom stereocenters. The zero-order valence-corrected chi connectivity index (χ0v) is 12.7. The molecule has 0 saturated carbocycles. The lowest BCUT2D eigenvalue weighted by Gasteiger charge is -2.18. The number of ether oxygens (including phenoxy) is 2. The van der Waals surface area contributed by atoms with E-state index in [4.69, 9.17) is 15.2 Å². The summed E-state index contributed by atoms with van der Waals surface area (Å²) in [5, 5.41) is 0. The number of carbonyl (C=O) groups is 2. The van der Waals surface area contributed by atoms with Crippen LogP contribution in [0.4, 0.5) is 5.69 Å². The van der Waals surface area contributed by atoms with Crippen molar-refractivity contribution in [3.8, 4) is 5.75 Å². The third-order valence-corrected chi connectivity index (χ3v) is 3.00. The number of likely N-dealkylation sites (N-methyl/N-ethyl adjacent to an activating group) is 1. The highest BCUT2D eigenvalue weighted by Gasteiger charge is 2.18.